The lowest BCUT2D eigenvalue weighted by Gasteiger charge is -2.26. The van der Waals surface area contributed by atoms with Gasteiger partial charge >= 0.3 is 0 Å². The summed E-state index contributed by atoms with van der Waals surface area (Å²) >= 11 is 0. The van der Waals surface area contributed by atoms with Crippen LogP contribution in [0.25, 0.3) is 0 Å². The molecule has 0 aromatic heterocycles. The lowest BCUT2D eigenvalue weighted by atomic mass is 9.85. The predicted octanol–water partition coefficient (Wildman–Crippen LogP) is 4.91. The van der Waals surface area contributed by atoms with Gasteiger partial charge in [0.2, 0.25) is 0 Å². The van der Waals surface area contributed by atoms with Crippen LogP contribution in [0.1, 0.15) is 18.9 Å². The number of carbonyl (C=O) groups excluding carboxylic acids is 1. The van der Waals surface area contributed by atoms with E-state index in [1.54, 1.807) is 0 Å². The van der Waals surface area contributed by atoms with Gasteiger partial charge in [0.15, 0.2) is 0 Å². The standard InChI is InChI=1S/C24H22N2O2/c1-2-28-19-14-12-18(13-15-19)25-24(27)21-16-23(17-8-4-3-5-9-17)26-22-11-7-6-10-20(21)22/h3-9,11-16,20H,2,10H2,1H3,(H,25,27). The van der Waals surface area contributed by atoms with Gasteiger partial charge in [-0.25, -0.2) is 0 Å². The van der Waals surface area contributed by atoms with E-state index in [0.29, 0.717) is 6.61 Å². The molecule has 1 aliphatic heterocycles. The summed E-state index contributed by atoms with van der Waals surface area (Å²) in [5.41, 5.74) is 4.23. The van der Waals surface area contributed by atoms with Crippen molar-refractivity contribution < 1.29 is 9.53 Å². The molecule has 2 aliphatic rings. The molecule has 0 bridgehead atoms. The fraction of sp³-hybridized carbons (Fsp3) is 0.167. The number of hydrogen-bond donors (Lipinski definition) is 1. The summed E-state index contributed by atoms with van der Waals surface area (Å²) in [4.78, 5) is 17.9. The van der Waals surface area contributed by atoms with Gasteiger partial charge < -0.3 is 10.1 Å². The maximum atomic E-state index is 13.1. The Morgan fingerprint density at radius 2 is 1.93 bits per heavy atom. The second-order valence-electron chi connectivity index (χ2n) is 6.68. The molecule has 1 unspecified atom stereocenters. The maximum absolute atomic E-state index is 13.1. The molecule has 28 heavy (non-hydrogen) atoms. The average molecular weight is 370 g/mol. The number of amides is 1. The van der Waals surface area contributed by atoms with Crippen molar-refractivity contribution >= 4 is 17.3 Å². The zero-order valence-electron chi connectivity index (χ0n) is 15.8. The number of nitrogens with one attached hydrogen (secondary N) is 1. The van der Waals surface area contributed by atoms with Crippen LogP contribution in [0.4, 0.5) is 5.69 Å². The molecule has 2 aromatic rings. The van der Waals surface area contributed by atoms with E-state index in [1.807, 2.05) is 79.7 Å². The largest absolute Gasteiger partial charge is 0.494 e. The maximum Gasteiger partial charge on any atom is 0.252 e. The number of fused-ring (bicyclic) bond motifs is 1. The Morgan fingerprint density at radius 1 is 1.14 bits per heavy atom. The number of anilines is 1. The third kappa shape index (κ3) is 3.81. The molecule has 1 aliphatic carbocycles. The van der Waals surface area contributed by atoms with Crippen molar-refractivity contribution in [1.29, 1.82) is 0 Å². The van der Waals surface area contributed by atoms with Crippen LogP contribution < -0.4 is 10.1 Å². The molecule has 140 valence electrons. The van der Waals surface area contributed by atoms with Crippen molar-refractivity contribution in [2.24, 2.45) is 10.9 Å². The molecule has 1 heterocycles. The third-order valence-corrected chi connectivity index (χ3v) is 4.80. The molecule has 4 nitrogen and oxygen atoms in total. The highest BCUT2D eigenvalue weighted by Crippen LogP contribution is 2.34. The fourth-order valence-corrected chi connectivity index (χ4v) is 3.42. The molecule has 4 heteroatoms. The van der Waals surface area contributed by atoms with Gasteiger partial charge in [-0.05, 0) is 49.8 Å². The number of allylic oxidation sites excluding steroid dienone is 5. The number of carbonyl (C=O) groups is 1. The summed E-state index contributed by atoms with van der Waals surface area (Å²) in [6.07, 6.45) is 8.77. The van der Waals surface area contributed by atoms with Gasteiger partial charge in [0.1, 0.15) is 5.75 Å². The minimum atomic E-state index is -0.0984. The second-order valence-corrected chi connectivity index (χ2v) is 6.68. The van der Waals surface area contributed by atoms with Crippen LogP contribution in [-0.4, -0.2) is 18.2 Å². The molecule has 2 aromatic carbocycles. The zero-order chi connectivity index (χ0) is 19.3. The quantitative estimate of drug-likeness (QED) is 0.813. The van der Waals surface area contributed by atoms with Gasteiger partial charge in [0.25, 0.3) is 5.91 Å². The van der Waals surface area contributed by atoms with E-state index in [0.717, 1.165) is 40.4 Å². The molecule has 0 fully saturated rings. The Morgan fingerprint density at radius 3 is 2.68 bits per heavy atom. The molecule has 0 spiro atoms. The lowest BCUT2D eigenvalue weighted by Crippen LogP contribution is -2.26. The molecule has 1 amide bonds. The number of benzene rings is 2. The number of hydrogen-bond acceptors (Lipinski definition) is 3. The smallest absolute Gasteiger partial charge is 0.252 e. The predicted molar refractivity (Wildman–Crippen MR) is 113 cm³/mol. The van der Waals surface area contributed by atoms with Gasteiger partial charge in [-0.1, -0.05) is 42.5 Å². The van der Waals surface area contributed by atoms with Gasteiger partial charge in [-0.2, -0.15) is 0 Å². The first-order valence-electron chi connectivity index (χ1n) is 9.51. The highest BCUT2D eigenvalue weighted by Gasteiger charge is 2.29. The van der Waals surface area contributed by atoms with Crippen LogP contribution in [0.3, 0.4) is 0 Å². The number of ether oxygens (including phenoxy) is 1. The van der Waals surface area contributed by atoms with Crippen molar-refractivity contribution in [3.8, 4) is 5.75 Å². The molecule has 0 saturated carbocycles. The Balaban J connectivity index is 1.61. The molecular weight excluding hydrogens is 348 g/mol. The highest BCUT2D eigenvalue weighted by atomic mass is 16.5. The molecule has 4 rings (SSSR count). The molecular formula is C24H22N2O2. The van der Waals surface area contributed by atoms with Crippen molar-refractivity contribution in [2.75, 3.05) is 11.9 Å². The SMILES string of the molecule is CCOc1ccc(NC(=O)C2=CC(c3ccccc3)=NC3=CC=CCC32)cc1. The van der Waals surface area contributed by atoms with E-state index in [2.05, 4.69) is 11.4 Å². The van der Waals surface area contributed by atoms with Gasteiger partial charge in [-0.15, -0.1) is 0 Å². The van der Waals surface area contributed by atoms with Crippen LogP contribution in [0.15, 0.2) is 95.2 Å². The Kier molecular flexibility index (Phi) is 5.20. The minimum absolute atomic E-state index is 0.0137. The summed E-state index contributed by atoms with van der Waals surface area (Å²) in [5.74, 6) is 0.678. The average Bonchev–Trinajstić information content (AvgIpc) is 2.75. The number of aliphatic imine (C=N–C) groups is 1. The van der Waals surface area contributed by atoms with E-state index >= 15 is 0 Å². The van der Waals surface area contributed by atoms with E-state index in [-0.39, 0.29) is 11.8 Å². The van der Waals surface area contributed by atoms with Crippen LogP contribution in [0, 0.1) is 5.92 Å². The minimum Gasteiger partial charge on any atom is -0.494 e. The van der Waals surface area contributed by atoms with Crippen LogP contribution in [0.5, 0.6) is 5.75 Å². The summed E-state index contributed by atoms with van der Waals surface area (Å²) in [7, 11) is 0. The van der Waals surface area contributed by atoms with Crippen molar-refractivity contribution in [3.63, 3.8) is 0 Å². The Labute approximate surface area is 165 Å². The first-order valence-corrected chi connectivity index (χ1v) is 9.51. The highest BCUT2D eigenvalue weighted by molar-refractivity contribution is 6.16. The monoisotopic (exact) mass is 370 g/mol. The van der Waals surface area contributed by atoms with Gasteiger partial charge in [0.05, 0.1) is 12.3 Å². The molecule has 0 radical (unpaired) electrons. The molecule has 0 saturated heterocycles. The zero-order valence-corrected chi connectivity index (χ0v) is 15.8. The summed E-state index contributed by atoms with van der Waals surface area (Å²) in [5, 5.41) is 3.02. The first kappa shape index (κ1) is 18.0. The summed E-state index contributed by atoms with van der Waals surface area (Å²) in [6, 6.07) is 17.4. The van der Waals surface area contributed by atoms with Gasteiger partial charge in [0, 0.05) is 28.4 Å². The summed E-state index contributed by atoms with van der Waals surface area (Å²) < 4.78 is 5.46. The Bertz CT molecular complexity index is 983. The van der Waals surface area contributed by atoms with E-state index < -0.39 is 0 Å². The number of rotatable bonds is 5. The summed E-state index contributed by atoms with van der Waals surface area (Å²) in [6.45, 7) is 2.56. The topological polar surface area (TPSA) is 50.7 Å². The second kappa shape index (κ2) is 8.09. The molecule has 1 N–H and O–H groups in total. The van der Waals surface area contributed by atoms with Crippen molar-refractivity contribution in [2.45, 2.75) is 13.3 Å². The van der Waals surface area contributed by atoms with Crippen LogP contribution >= 0.6 is 0 Å². The Hall–Kier alpha value is -3.40. The van der Waals surface area contributed by atoms with E-state index in [4.69, 9.17) is 9.73 Å². The van der Waals surface area contributed by atoms with E-state index in [9.17, 15) is 4.79 Å². The lowest BCUT2D eigenvalue weighted by molar-refractivity contribution is -0.113. The van der Waals surface area contributed by atoms with Crippen LogP contribution in [0.2, 0.25) is 0 Å². The first-order chi connectivity index (χ1) is 13.7. The van der Waals surface area contributed by atoms with Crippen LogP contribution in [-0.2, 0) is 4.79 Å². The van der Waals surface area contributed by atoms with Crippen molar-refractivity contribution in [1.82, 2.24) is 0 Å². The third-order valence-electron chi connectivity index (χ3n) is 4.80. The number of dihydropyridines is 1. The number of nitrogens with zero attached hydrogens (tertiary/aromatic N) is 1. The fourth-order valence-electron chi connectivity index (χ4n) is 3.42. The van der Waals surface area contributed by atoms with Crippen molar-refractivity contribution in [3.05, 3.63) is 95.7 Å². The molecule has 1 atom stereocenters. The normalized spacial score (nSPS) is 17.8. The van der Waals surface area contributed by atoms with E-state index in [1.165, 1.54) is 0 Å². The van der Waals surface area contributed by atoms with Gasteiger partial charge in [-0.3, -0.25) is 9.79 Å².